The van der Waals surface area contributed by atoms with Crippen molar-refractivity contribution in [3.05, 3.63) is 48.0 Å². The Morgan fingerprint density at radius 3 is 2.78 bits per heavy atom. The number of fused-ring (bicyclic) bond motifs is 2. The third-order valence-electron chi connectivity index (χ3n) is 5.28. The molecule has 6 heteroatoms. The molecular weight excluding hydrogens is 358 g/mol. The number of rotatable bonds is 1. The Balaban J connectivity index is 1.60. The molecule has 0 unspecified atom stereocenters. The maximum absolute atomic E-state index is 12.8. The molecule has 4 rings (SSSR count). The van der Waals surface area contributed by atoms with Gasteiger partial charge in [0.1, 0.15) is 0 Å². The molecule has 0 spiro atoms. The van der Waals surface area contributed by atoms with Crippen LogP contribution in [-0.4, -0.2) is 36.5 Å². The zero-order valence-corrected chi connectivity index (χ0v) is 16.4. The molecule has 5 nitrogen and oxygen atoms in total. The minimum Gasteiger partial charge on any atom is -0.322 e. The highest BCUT2D eigenvalue weighted by atomic mass is 32.2. The van der Waals surface area contributed by atoms with Crippen molar-refractivity contribution in [3.63, 3.8) is 0 Å². The number of hydrogen-bond acceptors (Lipinski definition) is 3. The van der Waals surface area contributed by atoms with Crippen LogP contribution in [0.2, 0.25) is 0 Å². The molecule has 2 aliphatic heterocycles. The minimum absolute atomic E-state index is 0.0371. The van der Waals surface area contributed by atoms with Gasteiger partial charge in [0, 0.05) is 35.1 Å². The fourth-order valence-corrected chi connectivity index (χ4v) is 4.76. The summed E-state index contributed by atoms with van der Waals surface area (Å²) in [5, 5.41) is 3.01. The van der Waals surface area contributed by atoms with E-state index in [1.807, 2.05) is 47.4 Å². The van der Waals surface area contributed by atoms with Gasteiger partial charge in [-0.2, -0.15) is 0 Å². The third-order valence-corrected chi connectivity index (χ3v) is 6.42. The molecule has 27 heavy (non-hydrogen) atoms. The highest BCUT2D eigenvalue weighted by Gasteiger charge is 2.26. The standard InChI is InChI=1S/C21H23N3O2S/c1-14-7-5-6-12-24(14)21(26)22-15-10-11-19-17(13-15)23(2)20(25)16-8-3-4-9-18(16)27-19/h3-4,8-11,13-14H,5-7,12H2,1-2H3,(H,22,26)/t14-/m0/s1. The Bertz CT molecular complexity index is 899. The first-order valence-electron chi connectivity index (χ1n) is 9.31. The Labute approximate surface area is 163 Å². The van der Waals surface area contributed by atoms with Crippen LogP contribution in [0.5, 0.6) is 0 Å². The molecular formula is C21H23N3O2S. The number of carbonyl (C=O) groups excluding carboxylic acids is 2. The van der Waals surface area contributed by atoms with Gasteiger partial charge in [-0.1, -0.05) is 23.9 Å². The summed E-state index contributed by atoms with van der Waals surface area (Å²) in [7, 11) is 1.78. The molecule has 0 aromatic heterocycles. The number of likely N-dealkylation sites (tertiary alicyclic amines) is 1. The largest absolute Gasteiger partial charge is 0.322 e. The van der Waals surface area contributed by atoms with Crippen molar-refractivity contribution in [3.8, 4) is 0 Å². The molecule has 140 valence electrons. The second kappa shape index (κ2) is 7.27. The predicted octanol–water partition coefficient (Wildman–Crippen LogP) is 4.83. The molecule has 2 aliphatic rings. The first-order valence-corrected chi connectivity index (χ1v) is 10.1. The van der Waals surface area contributed by atoms with Crippen molar-refractivity contribution in [2.24, 2.45) is 0 Å². The minimum atomic E-state index is -0.0688. The number of urea groups is 1. The highest BCUT2D eigenvalue weighted by Crippen LogP contribution is 2.41. The van der Waals surface area contributed by atoms with Crippen molar-refractivity contribution in [1.82, 2.24) is 4.90 Å². The molecule has 0 saturated carbocycles. The van der Waals surface area contributed by atoms with Crippen molar-refractivity contribution >= 4 is 35.1 Å². The molecule has 0 radical (unpaired) electrons. The van der Waals surface area contributed by atoms with Crippen LogP contribution in [0.15, 0.2) is 52.3 Å². The van der Waals surface area contributed by atoms with Crippen LogP contribution in [0.4, 0.5) is 16.2 Å². The fraction of sp³-hybridized carbons (Fsp3) is 0.333. The van der Waals surface area contributed by atoms with Gasteiger partial charge in [0.25, 0.3) is 5.91 Å². The van der Waals surface area contributed by atoms with E-state index in [1.54, 1.807) is 23.7 Å². The molecule has 3 amide bonds. The number of hydrogen-bond donors (Lipinski definition) is 1. The summed E-state index contributed by atoms with van der Waals surface area (Å²) >= 11 is 1.58. The lowest BCUT2D eigenvalue weighted by Crippen LogP contribution is -2.44. The highest BCUT2D eigenvalue weighted by molar-refractivity contribution is 7.99. The number of carbonyl (C=O) groups is 2. The van der Waals surface area contributed by atoms with E-state index in [0.29, 0.717) is 11.3 Å². The Morgan fingerprint density at radius 1 is 1.15 bits per heavy atom. The first kappa shape index (κ1) is 17.9. The smallest absolute Gasteiger partial charge is 0.322 e. The third kappa shape index (κ3) is 3.41. The van der Waals surface area contributed by atoms with E-state index in [0.717, 1.165) is 34.9 Å². The summed E-state index contributed by atoms with van der Waals surface area (Å²) < 4.78 is 0. The zero-order chi connectivity index (χ0) is 19.0. The van der Waals surface area contributed by atoms with Crippen molar-refractivity contribution < 1.29 is 9.59 Å². The SMILES string of the molecule is C[C@H]1CCCCN1C(=O)Nc1ccc2c(c1)N(C)C(=O)c1ccccc1S2. The molecule has 2 heterocycles. The number of nitrogens with one attached hydrogen (secondary N) is 1. The molecule has 1 N–H and O–H groups in total. The lowest BCUT2D eigenvalue weighted by atomic mass is 10.0. The van der Waals surface area contributed by atoms with Crippen molar-refractivity contribution in [2.45, 2.75) is 42.0 Å². The van der Waals surface area contributed by atoms with E-state index >= 15 is 0 Å². The average Bonchev–Trinajstić information content (AvgIpc) is 2.78. The Kier molecular flexibility index (Phi) is 4.83. The summed E-state index contributed by atoms with van der Waals surface area (Å²) in [5.41, 5.74) is 2.22. The second-order valence-electron chi connectivity index (χ2n) is 7.11. The molecule has 0 aliphatic carbocycles. The zero-order valence-electron chi connectivity index (χ0n) is 15.6. The summed E-state index contributed by atoms with van der Waals surface area (Å²) in [6.07, 6.45) is 3.27. The first-order chi connectivity index (χ1) is 13.0. The van der Waals surface area contributed by atoms with Gasteiger partial charge in [0.05, 0.1) is 11.3 Å². The maximum Gasteiger partial charge on any atom is 0.322 e. The Hall–Kier alpha value is -2.47. The topological polar surface area (TPSA) is 52.7 Å². The van der Waals surface area contributed by atoms with Gasteiger partial charge in [-0.15, -0.1) is 0 Å². The summed E-state index contributed by atoms with van der Waals surface area (Å²) in [6.45, 7) is 2.89. The van der Waals surface area contributed by atoms with Crippen LogP contribution in [-0.2, 0) is 0 Å². The maximum atomic E-state index is 12.8. The van der Waals surface area contributed by atoms with Gasteiger partial charge in [-0.3, -0.25) is 4.79 Å². The number of amides is 3. The summed E-state index contributed by atoms with van der Waals surface area (Å²) in [4.78, 5) is 31.0. The number of piperidine rings is 1. The monoisotopic (exact) mass is 381 g/mol. The normalized spacial score (nSPS) is 19.2. The molecule has 1 fully saturated rings. The van der Waals surface area contributed by atoms with Gasteiger partial charge in [0.15, 0.2) is 0 Å². The fourth-order valence-electron chi connectivity index (χ4n) is 3.68. The van der Waals surface area contributed by atoms with Crippen LogP contribution in [0.3, 0.4) is 0 Å². The average molecular weight is 382 g/mol. The van der Waals surface area contributed by atoms with Gasteiger partial charge in [-0.05, 0) is 56.5 Å². The summed E-state index contributed by atoms with van der Waals surface area (Å²) in [5.74, 6) is -0.0371. The second-order valence-corrected chi connectivity index (χ2v) is 8.20. The molecule has 2 aromatic carbocycles. The van der Waals surface area contributed by atoms with Crippen LogP contribution in [0.25, 0.3) is 0 Å². The van der Waals surface area contributed by atoms with E-state index in [-0.39, 0.29) is 18.0 Å². The lowest BCUT2D eigenvalue weighted by molar-refractivity contribution is 0.0990. The van der Waals surface area contributed by atoms with Gasteiger partial charge >= 0.3 is 6.03 Å². The van der Waals surface area contributed by atoms with Gasteiger partial charge < -0.3 is 15.1 Å². The lowest BCUT2D eigenvalue weighted by Gasteiger charge is -2.33. The number of nitrogens with zero attached hydrogens (tertiary/aromatic N) is 2. The number of anilines is 2. The van der Waals surface area contributed by atoms with E-state index in [2.05, 4.69) is 12.2 Å². The number of benzene rings is 2. The molecule has 2 aromatic rings. The quantitative estimate of drug-likeness (QED) is 0.769. The van der Waals surface area contributed by atoms with E-state index < -0.39 is 0 Å². The van der Waals surface area contributed by atoms with Crippen molar-refractivity contribution in [1.29, 1.82) is 0 Å². The predicted molar refractivity (Wildman–Crippen MR) is 109 cm³/mol. The van der Waals surface area contributed by atoms with Crippen LogP contribution >= 0.6 is 11.8 Å². The van der Waals surface area contributed by atoms with Gasteiger partial charge in [-0.25, -0.2) is 4.79 Å². The summed E-state index contributed by atoms with van der Waals surface area (Å²) in [6, 6.07) is 13.6. The van der Waals surface area contributed by atoms with Crippen LogP contribution < -0.4 is 10.2 Å². The molecule has 1 saturated heterocycles. The van der Waals surface area contributed by atoms with Crippen LogP contribution in [0, 0.1) is 0 Å². The van der Waals surface area contributed by atoms with Crippen molar-refractivity contribution in [2.75, 3.05) is 23.8 Å². The van der Waals surface area contributed by atoms with Gasteiger partial charge in [0.2, 0.25) is 0 Å². The van der Waals surface area contributed by atoms with Crippen LogP contribution in [0.1, 0.15) is 36.5 Å². The van der Waals surface area contributed by atoms with E-state index in [4.69, 9.17) is 0 Å². The van der Waals surface area contributed by atoms with E-state index in [1.165, 1.54) is 6.42 Å². The molecule has 0 bridgehead atoms. The Morgan fingerprint density at radius 2 is 1.96 bits per heavy atom. The molecule has 1 atom stereocenters. The van der Waals surface area contributed by atoms with E-state index in [9.17, 15) is 9.59 Å².